The van der Waals surface area contributed by atoms with Gasteiger partial charge in [-0.15, -0.1) is 0 Å². The van der Waals surface area contributed by atoms with Gasteiger partial charge in [0.2, 0.25) is 0 Å². The highest BCUT2D eigenvalue weighted by atomic mass is 79.9. The number of hydrogen-bond donors (Lipinski definition) is 2. The topological polar surface area (TPSA) is 40.5 Å². The van der Waals surface area contributed by atoms with Gasteiger partial charge in [-0.25, -0.2) is 0 Å². The Morgan fingerprint density at radius 1 is 0.769 bits per heavy atom. The van der Waals surface area contributed by atoms with Crippen molar-refractivity contribution < 1.29 is 10.2 Å². The molecule has 70 valence electrons. The van der Waals surface area contributed by atoms with E-state index in [1.165, 1.54) is 0 Å². The molecule has 0 aromatic carbocycles. The Kier molecular flexibility index (Phi) is 0.740. The van der Waals surface area contributed by atoms with Crippen molar-refractivity contribution in [1.82, 2.24) is 0 Å². The van der Waals surface area contributed by atoms with Gasteiger partial charge < -0.3 is 10.2 Å². The van der Waals surface area contributed by atoms with Gasteiger partial charge in [0.15, 0.2) is 5.79 Å². The zero-order valence-corrected chi connectivity index (χ0v) is 9.79. The molecule has 0 aromatic heterocycles. The smallest absolute Gasteiger partial charge is 0.182 e. The quantitative estimate of drug-likeness (QED) is 0.511. The van der Waals surface area contributed by atoms with Crippen molar-refractivity contribution in [1.29, 1.82) is 0 Å². The summed E-state index contributed by atoms with van der Waals surface area (Å²) < 4.78 is 0.0255. The second-order valence-electron chi connectivity index (χ2n) is 5.48. The molecule has 0 unspecified atom stereocenters. The summed E-state index contributed by atoms with van der Waals surface area (Å²) in [5, 5.41) is 20.1. The Morgan fingerprint density at radius 3 is 1.62 bits per heavy atom. The summed E-state index contributed by atoms with van der Waals surface area (Å²) in [5.74, 6) is 1.67. The highest BCUT2D eigenvalue weighted by Crippen LogP contribution is 3.02. The van der Waals surface area contributed by atoms with E-state index in [1.807, 2.05) is 0 Å². The van der Waals surface area contributed by atoms with Gasteiger partial charge in [0.05, 0.1) is 4.32 Å². The summed E-state index contributed by atoms with van der Waals surface area (Å²) in [7, 11) is 0. The van der Waals surface area contributed by atoms with Crippen LogP contribution in [0.2, 0.25) is 0 Å². The monoisotopic (exact) mass is 306 g/mol. The SMILES string of the molecule is OC1(O)C2[C@@H]3[C@@H]4C5[C@@H]([C@@H]2C53Br)C41Br. The Morgan fingerprint density at radius 2 is 1.23 bits per heavy atom. The van der Waals surface area contributed by atoms with E-state index in [9.17, 15) is 10.2 Å². The Bertz CT molecular complexity index is 360. The van der Waals surface area contributed by atoms with Crippen LogP contribution in [0.15, 0.2) is 0 Å². The van der Waals surface area contributed by atoms with Crippen molar-refractivity contribution in [2.75, 3.05) is 0 Å². The molecule has 6 fully saturated rings. The minimum atomic E-state index is -1.41. The highest BCUT2D eigenvalue weighted by molar-refractivity contribution is 9.10. The largest absolute Gasteiger partial charge is 0.364 e. The van der Waals surface area contributed by atoms with Gasteiger partial charge in [0.1, 0.15) is 0 Å². The molecule has 6 aliphatic rings. The van der Waals surface area contributed by atoms with Gasteiger partial charge in [-0.2, -0.15) is 0 Å². The molecule has 6 rings (SSSR count). The summed E-state index contributed by atoms with van der Waals surface area (Å²) in [6, 6.07) is 0. The van der Waals surface area contributed by atoms with Gasteiger partial charge in [0, 0.05) is 10.2 Å². The van der Waals surface area contributed by atoms with E-state index in [4.69, 9.17) is 0 Å². The number of aliphatic hydroxyl groups is 2. The van der Waals surface area contributed by atoms with Crippen LogP contribution in [0.25, 0.3) is 0 Å². The first-order valence-corrected chi connectivity index (χ1v) is 6.39. The predicted molar refractivity (Wildman–Crippen MR) is 51.4 cm³/mol. The lowest BCUT2D eigenvalue weighted by Gasteiger charge is -2.89. The van der Waals surface area contributed by atoms with Crippen molar-refractivity contribution in [3.63, 3.8) is 0 Å². The summed E-state index contributed by atoms with van der Waals surface area (Å²) in [6.45, 7) is 0. The molecular weight excluding hydrogens is 300 g/mol. The van der Waals surface area contributed by atoms with Gasteiger partial charge >= 0.3 is 0 Å². The minimum Gasteiger partial charge on any atom is -0.364 e. The predicted octanol–water partition coefficient (Wildman–Crippen LogP) is 0.700. The summed E-state index contributed by atoms with van der Waals surface area (Å²) in [4.78, 5) is 0. The number of alkyl halides is 2. The first kappa shape index (κ1) is 7.20. The number of hydrogen-bond acceptors (Lipinski definition) is 2. The molecule has 6 aliphatic carbocycles. The third-order valence-electron chi connectivity index (χ3n) is 5.85. The Hall–Kier alpha value is 0.880. The molecule has 6 saturated carbocycles. The lowest BCUT2D eigenvalue weighted by Crippen LogP contribution is -2.93. The molecule has 0 aromatic rings. The van der Waals surface area contributed by atoms with Crippen molar-refractivity contribution in [3.8, 4) is 0 Å². The second kappa shape index (κ2) is 1.34. The summed E-state index contributed by atoms with van der Waals surface area (Å²) in [6.07, 6.45) is 0. The van der Waals surface area contributed by atoms with E-state index in [-0.39, 0.29) is 10.2 Å². The van der Waals surface area contributed by atoms with Crippen LogP contribution >= 0.6 is 31.9 Å². The van der Waals surface area contributed by atoms with E-state index in [1.54, 1.807) is 0 Å². The van der Waals surface area contributed by atoms with Crippen LogP contribution in [-0.2, 0) is 0 Å². The summed E-state index contributed by atoms with van der Waals surface area (Å²) >= 11 is 7.42. The maximum Gasteiger partial charge on any atom is 0.182 e. The first-order valence-electron chi connectivity index (χ1n) is 4.81. The maximum absolute atomic E-state index is 10.1. The standard InChI is InChI=1S/C9H8Br2O2/c10-7-1-4-2(7)6-3(7)5(1)8(4,11)9(6,12)13/h1-6,12-13H/t1?,2-,3-,4-,5-,6?,7?,8?/m0/s1. The molecule has 4 heteroatoms. The third-order valence-corrected chi connectivity index (χ3v) is 9.08. The Balaban J connectivity index is 1.85. The van der Waals surface area contributed by atoms with Crippen molar-refractivity contribution in [2.24, 2.45) is 35.5 Å². The van der Waals surface area contributed by atoms with Crippen LogP contribution in [0.3, 0.4) is 0 Å². The summed E-state index contributed by atoms with van der Waals surface area (Å²) in [5.41, 5.74) is 0. The molecule has 0 saturated heterocycles. The molecule has 0 spiro atoms. The molecule has 0 radical (unpaired) electrons. The van der Waals surface area contributed by atoms with Crippen molar-refractivity contribution in [3.05, 3.63) is 0 Å². The van der Waals surface area contributed by atoms with E-state index in [0.29, 0.717) is 28.0 Å². The molecule has 2 N–H and O–H groups in total. The molecule has 13 heavy (non-hydrogen) atoms. The molecule has 0 heterocycles. The molecular formula is C9H8Br2O2. The molecule has 0 aliphatic heterocycles. The van der Waals surface area contributed by atoms with E-state index in [0.717, 1.165) is 5.92 Å². The van der Waals surface area contributed by atoms with Crippen LogP contribution < -0.4 is 0 Å². The fourth-order valence-corrected chi connectivity index (χ4v) is 8.81. The third kappa shape index (κ3) is 0.312. The van der Waals surface area contributed by atoms with Crippen LogP contribution in [0.4, 0.5) is 0 Å². The lowest BCUT2D eigenvalue weighted by atomic mass is 9.20. The lowest BCUT2D eigenvalue weighted by molar-refractivity contribution is -0.337. The zero-order chi connectivity index (χ0) is 8.96. The van der Waals surface area contributed by atoms with Crippen LogP contribution in [0.5, 0.6) is 0 Å². The van der Waals surface area contributed by atoms with Crippen molar-refractivity contribution in [2.45, 2.75) is 14.4 Å². The first-order chi connectivity index (χ1) is 5.98. The van der Waals surface area contributed by atoms with Crippen LogP contribution in [0.1, 0.15) is 0 Å². The van der Waals surface area contributed by atoms with Crippen LogP contribution in [0, 0.1) is 35.5 Å². The minimum absolute atomic E-state index is 0.159. The molecule has 0 amide bonds. The van der Waals surface area contributed by atoms with Gasteiger partial charge in [-0.1, -0.05) is 31.9 Å². The maximum atomic E-state index is 10.1. The zero-order valence-electron chi connectivity index (χ0n) is 6.61. The van der Waals surface area contributed by atoms with Crippen molar-refractivity contribution >= 4 is 31.9 Å². The average molecular weight is 308 g/mol. The van der Waals surface area contributed by atoms with E-state index in [2.05, 4.69) is 31.9 Å². The Labute approximate surface area is 92.0 Å². The molecule has 2 nitrogen and oxygen atoms in total. The van der Waals surface area contributed by atoms with E-state index >= 15 is 0 Å². The van der Waals surface area contributed by atoms with Gasteiger partial charge in [-0.3, -0.25) is 0 Å². The fourth-order valence-electron chi connectivity index (χ4n) is 5.70. The highest BCUT2D eigenvalue weighted by Gasteiger charge is 3.07. The van der Waals surface area contributed by atoms with E-state index < -0.39 is 5.79 Å². The van der Waals surface area contributed by atoms with Gasteiger partial charge in [-0.05, 0) is 29.6 Å². The number of rotatable bonds is 0. The molecule has 2 bridgehead atoms. The second-order valence-corrected chi connectivity index (χ2v) is 8.16. The number of halogens is 2. The normalized spacial score (nSPS) is 87.7. The molecule has 4 atom stereocenters. The average Bonchev–Trinajstić information content (AvgIpc) is 2.20. The fraction of sp³-hybridized carbons (Fsp3) is 1.00. The van der Waals surface area contributed by atoms with Gasteiger partial charge in [0.25, 0.3) is 0 Å². The van der Waals surface area contributed by atoms with Crippen LogP contribution in [-0.4, -0.2) is 24.6 Å².